The van der Waals surface area contributed by atoms with Crippen molar-refractivity contribution in [1.82, 2.24) is 14.7 Å². The molecule has 0 aromatic heterocycles. The van der Waals surface area contributed by atoms with Gasteiger partial charge in [0, 0.05) is 16.9 Å². The van der Waals surface area contributed by atoms with Gasteiger partial charge in [0.15, 0.2) is 5.92 Å². The van der Waals surface area contributed by atoms with Gasteiger partial charge in [-0.1, -0.05) is 6.42 Å². The Morgan fingerprint density at radius 3 is 2.78 bits per heavy atom. The van der Waals surface area contributed by atoms with E-state index < -0.39 is 30.2 Å². The summed E-state index contributed by atoms with van der Waals surface area (Å²) in [5, 5.41) is 22.3. The van der Waals surface area contributed by atoms with Gasteiger partial charge < -0.3 is 15.5 Å². The molecule has 0 aromatic carbocycles. The molecular formula is C14H17N3O5S. The number of carboxylic acids is 1. The Labute approximate surface area is 136 Å². The minimum Gasteiger partial charge on any atom is -0.509 e. The summed E-state index contributed by atoms with van der Waals surface area (Å²) in [4.78, 5) is 36.4. The molecule has 0 saturated carbocycles. The number of hydrazine groups is 1. The van der Waals surface area contributed by atoms with E-state index >= 15 is 0 Å². The van der Waals surface area contributed by atoms with Crippen molar-refractivity contribution in [2.75, 3.05) is 6.54 Å². The maximum absolute atomic E-state index is 12.7. The van der Waals surface area contributed by atoms with Gasteiger partial charge in [0.05, 0.1) is 11.9 Å². The predicted molar refractivity (Wildman–Crippen MR) is 81.2 cm³/mol. The summed E-state index contributed by atoms with van der Waals surface area (Å²) in [5.41, 5.74) is 0.886. The lowest BCUT2D eigenvalue weighted by atomic mass is 10.0. The highest BCUT2D eigenvalue weighted by atomic mass is 32.2. The molecule has 1 atom stereocenters. The van der Waals surface area contributed by atoms with Gasteiger partial charge in [-0.05, 0) is 25.7 Å². The zero-order chi connectivity index (χ0) is 16.6. The van der Waals surface area contributed by atoms with Crippen LogP contribution >= 0.6 is 11.9 Å². The van der Waals surface area contributed by atoms with Crippen LogP contribution in [0.5, 0.6) is 0 Å². The molecule has 3 N–H and O–H groups in total. The van der Waals surface area contributed by atoms with E-state index in [2.05, 4.69) is 5.32 Å². The summed E-state index contributed by atoms with van der Waals surface area (Å²) in [6, 6.07) is 0. The quantitative estimate of drug-likeness (QED) is 0.521. The van der Waals surface area contributed by atoms with Crippen LogP contribution in [0.2, 0.25) is 0 Å². The highest BCUT2D eigenvalue weighted by Crippen LogP contribution is 2.46. The first-order valence-corrected chi connectivity index (χ1v) is 8.19. The number of carboxylic acid groups (broad SMARTS) is 1. The van der Waals surface area contributed by atoms with Crippen LogP contribution in [0.25, 0.3) is 0 Å². The SMILES string of the molecule is O=C(O)CNC(=O)C1C(=O)N2C3=C(CCCCC3)SN2C=C1O. The molecule has 0 bridgehead atoms. The standard InChI is InChI=1S/C14H17N3O5S/c18-9-7-16-17(8-4-2-1-3-5-10(8)23-16)14(22)12(9)13(21)15-6-11(19)20/h7,12,18H,1-6H2,(H,15,21)(H,19,20). The van der Waals surface area contributed by atoms with Gasteiger partial charge in [-0.3, -0.25) is 14.4 Å². The fraction of sp³-hybridized carbons (Fsp3) is 0.500. The first-order chi connectivity index (χ1) is 11.0. The zero-order valence-corrected chi connectivity index (χ0v) is 13.1. The molecule has 2 amide bonds. The lowest BCUT2D eigenvalue weighted by Crippen LogP contribution is -2.50. The van der Waals surface area contributed by atoms with Gasteiger partial charge in [0.2, 0.25) is 5.91 Å². The average molecular weight is 339 g/mol. The second kappa shape index (κ2) is 6.15. The second-order valence-electron chi connectivity index (χ2n) is 5.57. The average Bonchev–Trinajstić information content (AvgIpc) is 2.67. The van der Waals surface area contributed by atoms with Gasteiger partial charge in [-0.25, -0.2) is 9.42 Å². The number of carbonyl (C=O) groups excluding carboxylic acids is 2. The van der Waals surface area contributed by atoms with E-state index in [1.807, 2.05) is 0 Å². The van der Waals surface area contributed by atoms with Crippen molar-refractivity contribution in [1.29, 1.82) is 0 Å². The minimum absolute atomic E-state index is 0.376. The molecule has 2 aliphatic heterocycles. The third-order valence-corrected chi connectivity index (χ3v) is 5.08. The van der Waals surface area contributed by atoms with Crippen LogP contribution in [-0.4, -0.2) is 44.0 Å². The molecular weight excluding hydrogens is 322 g/mol. The third kappa shape index (κ3) is 2.88. The van der Waals surface area contributed by atoms with Crippen LogP contribution in [0.15, 0.2) is 22.6 Å². The predicted octanol–water partition coefficient (Wildman–Crippen LogP) is 1.10. The first-order valence-electron chi connectivity index (χ1n) is 7.42. The Morgan fingerprint density at radius 1 is 1.30 bits per heavy atom. The van der Waals surface area contributed by atoms with E-state index in [0.717, 1.165) is 42.7 Å². The summed E-state index contributed by atoms with van der Waals surface area (Å²) >= 11 is 1.39. The highest BCUT2D eigenvalue weighted by molar-refractivity contribution is 8.01. The zero-order valence-electron chi connectivity index (χ0n) is 12.3. The van der Waals surface area contributed by atoms with Crippen LogP contribution in [0.3, 0.4) is 0 Å². The molecule has 1 aliphatic carbocycles. The smallest absolute Gasteiger partial charge is 0.322 e. The van der Waals surface area contributed by atoms with Crippen molar-refractivity contribution in [3.63, 3.8) is 0 Å². The molecule has 124 valence electrons. The van der Waals surface area contributed by atoms with E-state index in [0.29, 0.717) is 0 Å². The van der Waals surface area contributed by atoms with Gasteiger partial charge in [0.1, 0.15) is 12.3 Å². The number of carbonyl (C=O) groups is 3. The van der Waals surface area contributed by atoms with Crippen molar-refractivity contribution in [3.05, 3.63) is 22.6 Å². The monoisotopic (exact) mass is 339 g/mol. The van der Waals surface area contributed by atoms with Crippen LogP contribution in [0.1, 0.15) is 32.1 Å². The Kier molecular flexibility index (Phi) is 4.20. The molecule has 0 spiro atoms. The van der Waals surface area contributed by atoms with Crippen LogP contribution in [-0.2, 0) is 14.4 Å². The van der Waals surface area contributed by atoms with Crippen molar-refractivity contribution in [2.24, 2.45) is 5.92 Å². The van der Waals surface area contributed by atoms with Gasteiger partial charge >= 0.3 is 5.97 Å². The fourth-order valence-electron chi connectivity index (χ4n) is 2.90. The number of fused-ring (bicyclic) bond motifs is 2. The molecule has 0 fully saturated rings. The molecule has 9 heteroatoms. The summed E-state index contributed by atoms with van der Waals surface area (Å²) < 4.78 is 1.55. The summed E-state index contributed by atoms with van der Waals surface area (Å²) in [6.45, 7) is -0.595. The number of hydrogen-bond donors (Lipinski definition) is 3. The largest absolute Gasteiger partial charge is 0.509 e. The lowest BCUT2D eigenvalue weighted by Gasteiger charge is -2.34. The van der Waals surface area contributed by atoms with Gasteiger partial charge in [0.25, 0.3) is 5.91 Å². The third-order valence-electron chi connectivity index (χ3n) is 3.97. The molecule has 3 rings (SSSR count). The van der Waals surface area contributed by atoms with Crippen molar-refractivity contribution in [2.45, 2.75) is 32.1 Å². The van der Waals surface area contributed by atoms with Gasteiger partial charge in [-0.15, -0.1) is 0 Å². The van der Waals surface area contributed by atoms with E-state index in [4.69, 9.17) is 5.11 Å². The molecule has 2 heterocycles. The first kappa shape index (κ1) is 15.7. The number of aliphatic hydroxyl groups is 1. The van der Waals surface area contributed by atoms with Crippen molar-refractivity contribution < 1.29 is 24.6 Å². The number of rotatable bonds is 3. The fourth-order valence-corrected chi connectivity index (χ4v) is 4.07. The molecule has 3 aliphatic rings. The number of nitrogens with one attached hydrogen (secondary N) is 1. The normalized spacial score (nSPS) is 23.9. The van der Waals surface area contributed by atoms with Crippen LogP contribution < -0.4 is 5.32 Å². The topological polar surface area (TPSA) is 110 Å². The Hall–Kier alpha value is -2.16. The number of aliphatic hydroxyl groups excluding tert-OH is 1. The van der Waals surface area contributed by atoms with Crippen molar-refractivity contribution in [3.8, 4) is 0 Å². The Morgan fingerprint density at radius 2 is 2.04 bits per heavy atom. The van der Waals surface area contributed by atoms with E-state index in [-0.39, 0.29) is 5.76 Å². The number of hydrogen-bond acceptors (Lipinski definition) is 6. The number of aliphatic carboxylic acids is 1. The highest BCUT2D eigenvalue weighted by Gasteiger charge is 2.46. The molecule has 23 heavy (non-hydrogen) atoms. The number of allylic oxidation sites excluding steroid dienone is 2. The summed E-state index contributed by atoms with van der Waals surface area (Å²) in [7, 11) is 0. The Balaban J connectivity index is 1.84. The van der Waals surface area contributed by atoms with Crippen LogP contribution in [0.4, 0.5) is 0 Å². The van der Waals surface area contributed by atoms with Crippen LogP contribution in [0, 0.1) is 5.92 Å². The van der Waals surface area contributed by atoms with E-state index in [1.54, 1.807) is 4.41 Å². The maximum Gasteiger partial charge on any atom is 0.322 e. The van der Waals surface area contributed by atoms with Crippen molar-refractivity contribution >= 4 is 29.7 Å². The second-order valence-corrected chi connectivity index (χ2v) is 6.62. The number of nitrogens with zero attached hydrogens (tertiary/aromatic N) is 2. The summed E-state index contributed by atoms with van der Waals surface area (Å²) in [5.74, 6) is -4.34. The molecule has 8 nitrogen and oxygen atoms in total. The minimum atomic E-state index is -1.40. The number of amides is 2. The van der Waals surface area contributed by atoms with E-state index in [1.165, 1.54) is 23.2 Å². The van der Waals surface area contributed by atoms with Gasteiger partial charge in [-0.2, -0.15) is 0 Å². The maximum atomic E-state index is 12.7. The molecule has 1 unspecified atom stereocenters. The summed E-state index contributed by atoms with van der Waals surface area (Å²) in [6.07, 6.45) is 6.11. The molecule has 0 radical (unpaired) electrons. The lowest BCUT2D eigenvalue weighted by molar-refractivity contribution is -0.148. The Bertz CT molecular complexity index is 630. The molecule has 0 saturated heterocycles. The van der Waals surface area contributed by atoms with E-state index in [9.17, 15) is 19.5 Å². The molecule has 0 aromatic rings.